The maximum absolute atomic E-state index is 12.8. The molecule has 0 aliphatic rings. The van der Waals surface area contributed by atoms with Gasteiger partial charge >= 0.3 is 0 Å². The summed E-state index contributed by atoms with van der Waals surface area (Å²) in [6.07, 6.45) is 0. The Bertz CT molecular complexity index is 584. The van der Waals surface area contributed by atoms with E-state index in [1.54, 1.807) is 25.3 Å². The van der Waals surface area contributed by atoms with Crippen LogP contribution in [0.1, 0.15) is 11.1 Å². The SMILES string of the molecule is COc1cc(CO)cc(I)c1OCc1ccc(F)cc1. The predicted octanol–water partition coefficient (Wildman–Crippen LogP) is 3.51. The lowest BCUT2D eigenvalue weighted by atomic mass is 10.2. The highest BCUT2D eigenvalue weighted by Crippen LogP contribution is 2.34. The molecule has 0 atom stereocenters. The Balaban J connectivity index is 2.18. The molecule has 3 nitrogen and oxygen atoms in total. The molecular formula is C15H14FIO3. The van der Waals surface area contributed by atoms with E-state index in [0.29, 0.717) is 18.1 Å². The minimum atomic E-state index is -0.270. The molecule has 0 saturated heterocycles. The van der Waals surface area contributed by atoms with E-state index in [1.165, 1.54) is 12.1 Å². The lowest BCUT2D eigenvalue weighted by Gasteiger charge is -2.14. The molecule has 2 aromatic carbocycles. The molecule has 20 heavy (non-hydrogen) atoms. The molecule has 5 heteroatoms. The lowest BCUT2D eigenvalue weighted by Crippen LogP contribution is -2.01. The summed E-state index contributed by atoms with van der Waals surface area (Å²) in [5.74, 6) is 0.922. The van der Waals surface area contributed by atoms with E-state index >= 15 is 0 Å². The first-order valence-electron chi connectivity index (χ1n) is 5.98. The summed E-state index contributed by atoms with van der Waals surface area (Å²) in [4.78, 5) is 0. The number of methoxy groups -OCH3 is 1. The van der Waals surface area contributed by atoms with E-state index in [1.807, 2.05) is 6.07 Å². The lowest BCUT2D eigenvalue weighted by molar-refractivity contribution is 0.273. The molecule has 2 rings (SSSR count). The molecule has 1 N–H and O–H groups in total. The van der Waals surface area contributed by atoms with Gasteiger partial charge in [-0.05, 0) is 58.0 Å². The second kappa shape index (κ2) is 6.90. The number of hydrogen-bond acceptors (Lipinski definition) is 3. The minimum absolute atomic E-state index is 0.0510. The van der Waals surface area contributed by atoms with Crippen LogP contribution in [-0.4, -0.2) is 12.2 Å². The second-order valence-corrected chi connectivity index (χ2v) is 5.34. The topological polar surface area (TPSA) is 38.7 Å². The molecule has 0 bridgehead atoms. The van der Waals surface area contributed by atoms with E-state index in [-0.39, 0.29) is 12.4 Å². The summed E-state index contributed by atoms with van der Waals surface area (Å²) in [5.41, 5.74) is 1.64. The first kappa shape index (κ1) is 15.1. The average molecular weight is 388 g/mol. The van der Waals surface area contributed by atoms with Crippen molar-refractivity contribution in [2.75, 3.05) is 7.11 Å². The zero-order valence-corrected chi connectivity index (χ0v) is 13.1. The summed E-state index contributed by atoms with van der Waals surface area (Å²) in [6, 6.07) is 9.73. The van der Waals surface area contributed by atoms with Crippen molar-refractivity contribution in [1.82, 2.24) is 0 Å². The molecule has 2 aromatic rings. The summed E-state index contributed by atoms with van der Waals surface area (Å²) in [5, 5.41) is 9.17. The van der Waals surface area contributed by atoms with Crippen molar-refractivity contribution >= 4 is 22.6 Å². The third-order valence-corrected chi connectivity index (χ3v) is 3.57. The Morgan fingerprint density at radius 3 is 2.45 bits per heavy atom. The standard InChI is InChI=1S/C15H14FIO3/c1-19-14-7-11(8-18)6-13(17)15(14)20-9-10-2-4-12(16)5-3-10/h2-7,18H,8-9H2,1H3. The Labute approximate surface area is 130 Å². The normalized spacial score (nSPS) is 10.4. The van der Waals surface area contributed by atoms with Crippen molar-refractivity contribution in [1.29, 1.82) is 0 Å². The third-order valence-electron chi connectivity index (χ3n) is 2.77. The number of ether oxygens (including phenoxy) is 2. The van der Waals surface area contributed by atoms with Crippen molar-refractivity contribution in [3.8, 4) is 11.5 Å². The number of benzene rings is 2. The maximum atomic E-state index is 12.8. The fourth-order valence-corrected chi connectivity index (χ4v) is 2.56. The first-order valence-corrected chi connectivity index (χ1v) is 7.06. The molecule has 0 spiro atoms. The van der Waals surface area contributed by atoms with Crippen LogP contribution in [0.4, 0.5) is 4.39 Å². The molecule has 0 unspecified atom stereocenters. The van der Waals surface area contributed by atoms with Crippen molar-refractivity contribution < 1.29 is 19.0 Å². The number of hydrogen-bond donors (Lipinski definition) is 1. The zero-order valence-electron chi connectivity index (χ0n) is 10.9. The van der Waals surface area contributed by atoms with Crippen LogP contribution in [0.5, 0.6) is 11.5 Å². The number of aliphatic hydroxyl groups excluding tert-OH is 1. The fraction of sp³-hybridized carbons (Fsp3) is 0.200. The smallest absolute Gasteiger partial charge is 0.174 e. The largest absolute Gasteiger partial charge is 0.493 e. The maximum Gasteiger partial charge on any atom is 0.174 e. The quantitative estimate of drug-likeness (QED) is 0.797. The first-order chi connectivity index (χ1) is 9.63. The number of halogens is 2. The number of rotatable bonds is 5. The average Bonchev–Trinajstić information content (AvgIpc) is 2.47. The zero-order chi connectivity index (χ0) is 14.5. The van der Waals surface area contributed by atoms with E-state index in [0.717, 1.165) is 14.7 Å². The van der Waals surface area contributed by atoms with E-state index < -0.39 is 0 Å². The van der Waals surface area contributed by atoms with Crippen LogP contribution in [0, 0.1) is 9.39 Å². The van der Waals surface area contributed by atoms with Crippen LogP contribution in [0.3, 0.4) is 0 Å². The van der Waals surface area contributed by atoms with Crippen LogP contribution in [0.15, 0.2) is 36.4 Å². The molecule has 0 aromatic heterocycles. The van der Waals surface area contributed by atoms with Gasteiger partial charge in [-0.3, -0.25) is 0 Å². The van der Waals surface area contributed by atoms with Gasteiger partial charge < -0.3 is 14.6 Å². The van der Waals surface area contributed by atoms with Gasteiger partial charge in [0.15, 0.2) is 11.5 Å². The van der Waals surface area contributed by atoms with Crippen molar-refractivity contribution in [3.63, 3.8) is 0 Å². The molecular weight excluding hydrogens is 374 g/mol. The summed E-state index contributed by atoms with van der Waals surface area (Å²) in [6.45, 7) is 0.274. The van der Waals surface area contributed by atoms with Gasteiger partial charge in [0.05, 0.1) is 17.3 Å². The Hall–Kier alpha value is -1.34. The van der Waals surface area contributed by atoms with Gasteiger partial charge in [0.25, 0.3) is 0 Å². The fourth-order valence-electron chi connectivity index (χ4n) is 1.74. The van der Waals surface area contributed by atoms with Crippen molar-refractivity contribution in [2.45, 2.75) is 13.2 Å². The molecule has 0 saturated carbocycles. The molecule has 0 aliphatic carbocycles. The van der Waals surface area contributed by atoms with Crippen molar-refractivity contribution in [2.24, 2.45) is 0 Å². The van der Waals surface area contributed by atoms with E-state index in [2.05, 4.69) is 22.6 Å². The summed E-state index contributed by atoms with van der Waals surface area (Å²) < 4.78 is 24.7. The monoisotopic (exact) mass is 388 g/mol. The van der Waals surface area contributed by atoms with Gasteiger partial charge in [-0.1, -0.05) is 12.1 Å². The highest BCUT2D eigenvalue weighted by molar-refractivity contribution is 14.1. The van der Waals surface area contributed by atoms with Crippen LogP contribution in [0.25, 0.3) is 0 Å². The molecule has 0 radical (unpaired) electrons. The minimum Gasteiger partial charge on any atom is -0.493 e. The van der Waals surface area contributed by atoms with Gasteiger partial charge in [0, 0.05) is 0 Å². The molecule has 0 amide bonds. The highest BCUT2D eigenvalue weighted by Gasteiger charge is 2.11. The molecule has 0 fully saturated rings. The molecule has 0 heterocycles. The van der Waals surface area contributed by atoms with Gasteiger partial charge in [-0.2, -0.15) is 0 Å². The summed E-state index contributed by atoms with van der Waals surface area (Å²) in [7, 11) is 1.55. The molecule has 0 aliphatic heterocycles. The summed E-state index contributed by atoms with van der Waals surface area (Å²) >= 11 is 2.13. The highest BCUT2D eigenvalue weighted by atomic mass is 127. The van der Waals surface area contributed by atoms with Crippen LogP contribution in [0.2, 0.25) is 0 Å². The van der Waals surface area contributed by atoms with Crippen LogP contribution in [-0.2, 0) is 13.2 Å². The van der Waals surface area contributed by atoms with Crippen LogP contribution < -0.4 is 9.47 Å². The third kappa shape index (κ3) is 3.61. The Kier molecular flexibility index (Phi) is 5.19. The Morgan fingerprint density at radius 2 is 1.85 bits per heavy atom. The predicted molar refractivity (Wildman–Crippen MR) is 82.4 cm³/mol. The van der Waals surface area contributed by atoms with E-state index in [4.69, 9.17) is 9.47 Å². The number of aliphatic hydroxyl groups is 1. The Morgan fingerprint density at radius 1 is 1.15 bits per heavy atom. The van der Waals surface area contributed by atoms with Gasteiger partial charge in [-0.15, -0.1) is 0 Å². The molecule has 106 valence electrons. The van der Waals surface area contributed by atoms with Gasteiger partial charge in [0.1, 0.15) is 12.4 Å². The van der Waals surface area contributed by atoms with Gasteiger partial charge in [-0.25, -0.2) is 4.39 Å². The van der Waals surface area contributed by atoms with Gasteiger partial charge in [0.2, 0.25) is 0 Å². The second-order valence-electron chi connectivity index (χ2n) is 4.18. The van der Waals surface area contributed by atoms with Crippen LogP contribution >= 0.6 is 22.6 Å². The van der Waals surface area contributed by atoms with E-state index in [9.17, 15) is 9.50 Å². The van der Waals surface area contributed by atoms with Crippen molar-refractivity contribution in [3.05, 3.63) is 56.9 Å².